The minimum absolute atomic E-state index is 0.239. The van der Waals surface area contributed by atoms with Gasteiger partial charge in [0.1, 0.15) is 5.82 Å². The Morgan fingerprint density at radius 3 is 2.76 bits per heavy atom. The van der Waals surface area contributed by atoms with E-state index in [0.717, 1.165) is 40.8 Å². The number of benzene rings is 2. The van der Waals surface area contributed by atoms with Gasteiger partial charge in [-0.2, -0.15) is 4.31 Å². The molecule has 3 aromatic rings. The van der Waals surface area contributed by atoms with Crippen LogP contribution < -0.4 is 0 Å². The lowest BCUT2D eigenvalue weighted by atomic mass is 10.2. The third-order valence-corrected chi connectivity index (χ3v) is 6.91. The summed E-state index contributed by atoms with van der Waals surface area (Å²) in [6.07, 6.45) is 1.62. The number of aryl methyl sites for hydroxylation is 2. The number of H-pyrrole nitrogens is 1. The summed E-state index contributed by atoms with van der Waals surface area (Å²) in [5.41, 5.74) is 3.53. The van der Waals surface area contributed by atoms with Crippen LogP contribution in [-0.2, 0) is 10.0 Å². The van der Waals surface area contributed by atoms with E-state index in [1.165, 1.54) is 0 Å². The molecule has 2 heterocycles. The van der Waals surface area contributed by atoms with E-state index in [-0.39, 0.29) is 6.04 Å². The van der Waals surface area contributed by atoms with Crippen molar-refractivity contribution < 1.29 is 8.42 Å². The van der Waals surface area contributed by atoms with Crippen molar-refractivity contribution in [2.75, 3.05) is 6.54 Å². The van der Waals surface area contributed by atoms with E-state index in [1.54, 1.807) is 10.4 Å². The Morgan fingerprint density at radius 1 is 1.16 bits per heavy atom. The van der Waals surface area contributed by atoms with Crippen LogP contribution in [0.15, 0.2) is 47.4 Å². The molecule has 1 atom stereocenters. The number of sulfonamides is 1. The number of para-hydroxylation sites is 2. The van der Waals surface area contributed by atoms with E-state index in [9.17, 15) is 8.42 Å². The molecule has 1 N–H and O–H groups in total. The SMILES string of the molecule is Cc1ccc(C)c(S(=O)(=O)N2CCC[C@@H]2c2nc3ccccc3[nH]2)c1. The summed E-state index contributed by atoms with van der Waals surface area (Å²) >= 11 is 0. The number of aromatic nitrogens is 2. The number of aromatic amines is 1. The number of rotatable bonds is 3. The molecular formula is C19H21N3O2S. The highest BCUT2D eigenvalue weighted by Crippen LogP contribution is 2.36. The monoisotopic (exact) mass is 355 g/mol. The van der Waals surface area contributed by atoms with E-state index < -0.39 is 10.0 Å². The van der Waals surface area contributed by atoms with E-state index in [4.69, 9.17) is 0 Å². The topological polar surface area (TPSA) is 66.1 Å². The molecule has 2 aromatic carbocycles. The average Bonchev–Trinajstić information content (AvgIpc) is 3.23. The second kappa shape index (κ2) is 5.97. The molecule has 1 aliphatic heterocycles. The molecule has 0 unspecified atom stereocenters. The van der Waals surface area contributed by atoms with Crippen LogP contribution in [0.25, 0.3) is 11.0 Å². The molecule has 0 bridgehead atoms. The number of fused-ring (bicyclic) bond motifs is 1. The van der Waals surface area contributed by atoms with Gasteiger partial charge in [-0.15, -0.1) is 0 Å². The first kappa shape index (κ1) is 16.3. The highest BCUT2D eigenvalue weighted by molar-refractivity contribution is 7.89. The number of hydrogen-bond acceptors (Lipinski definition) is 3. The first-order valence-corrected chi connectivity index (χ1v) is 9.94. The molecule has 0 saturated carbocycles. The first-order valence-electron chi connectivity index (χ1n) is 8.50. The Balaban J connectivity index is 1.77. The smallest absolute Gasteiger partial charge is 0.244 e. The van der Waals surface area contributed by atoms with E-state index in [0.29, 0.717) is 11.4 Å². The lowest BCUT2D eigenvalue weighted by Gasteiger charge is -2.23. The summed E-state index contributed by atoms with van der Waals surface area (Å²) in [7, 11) is -3.55. The predicted molar refractivity (Wildman–Crippen MR) is 97.9 cm³/mol. The maximum Gasteiger partial charge on any atom is 0.244 e. The molecule has 0 spiro atoms. The molecule has 1 saturated heterocycles. The van der Waals surface area contributed by atoms with Crippen LogP contribution in [0.1, 0.15) is 35.8 Å². The fourth-order valence-corrected chi connectivity index (χ4v) is 5.52. The van der Waals surface area contributed by atoms with Crippen molar-refractivity contribution in [2.24, 2.45) is 0 Å². The molecule has 130 valence electrons. The number of nitrogens with one attached hydrogen (secondary N) is 1. The highest BCUT2D eigenvalue weighted by Gasteiger charge is 2.38. The van der Waals surface area contributed by atoms with Gasteiger partial charge in [0.25, 0.3) is 0 Å². The van der Waals surface area contributed by atoms with Crippen LogP contribution in [0.5, 0.6) is 0 Å². The van der Waals surface area contributed by atoms with Gasteiger partial charge in [0.15, 0.2) is 0 Å². The van der Waals surface area contributed by atoms with Crippen molar-refractivity contribution in [2.45, 2.75) is 37.6 Å². The van der Waals surface area contributed by atoms with Gasteiger partial charge in [-0.05, 0) is 56.0 Å². The quantitative estimate of drug-likeness (QED) is 0.779. The van der Waals surface area contributed by atoms with Gasteiger partial charge in [0.05, 0.1) is 22.0 Å². The largest absolute Gasteiger partial charge is 0.341 e. The molecule has 0 radical (unpaired) electrons. The summed E-state index contributed by atoms with van der Waals surface area (Å²) in [5, 5.41) is 0. The lowest BCUT2D eigenvalue weighted by Crippen LogP contribution is -2.31. The van der Waals surface area contributed by atoms with Gasteiger partial charge in [-0.1, -0.05) is 24.3 Å². The van der Waals surface area contributed by atoms with Crippen molar-refractivity contribution in [3.05, 3.63) is 59.4 Å². The molecule has 0 aliphatic carbocycles. The highest BCUT2D eigenvalue weighted by atomic mass is 32.2. The van der Waals surface area contributed by atoms with E-state index in [2.05, 4.69) is 9.97 Å². The van der Waals surface area contributed by atoms with Gasteiger partial charge in [-0.25, -0.2) is 13.4 Å². The maximum atomic E-state index is 13.3. The molecule has 4 rings (SSSR count). The third kappa shape index (κ3) is 2.75. The van der Waals surface area contributed by atoms with Crippen LogP contribution in [0.2, 0.25) is 0 Å². The minimum Gasteiger partial charge on any atom is -0.341 e. The Hall–Kier alpha value is -2.18. The van der Waals surface area contributed by atoms with Gasteiger partial charge < -0.3 is 4.98 Å². The molecule has 1 aliphatic rings. The number of imidazole rings is 1. The molecule has 5 nitrogen and oxygen atoms in total. The van der Waals surface area contributed by atoms with E-state index in [1.807, 2.05) is 50.2 Å². The lowest BCUT2D eigenvalue weighted by molar-refractivity contribution is 0.385. The van der Waals surface area contributed by atoms with Crippen LogP contribution >= 0.6 is 0 Å². The Morgan fingerprint density at radius 2 is 1.96 bits per heavy atom. The van der Waals surface area contributed by atoms with Crippen molar-refractivity contribution in [1.29, 1.82) is 0 Å². The van der Waals surface area contributed by atoms with Gasteiger partial charge in [0, 0.05) is 6.54 Å². The zero-order valence-electron chi connectivity index (χ0n) is 14.4. The zero-order chi connectivity index (χ0) is 17.6. The molecule has 25 heavy (non-hydrogen) atoms. The Bertz CT molecular complexity index is 1010. The van der Waals surface area contributed by atoms with Crippen molar-refractivity contribution in [3.8, 4) is 0 Å². The summed E-state index contributed by atoms with van der Waals surface area (Å²) in [6, 6.07) is 13.1. The standard InChI is InChI=1S/C19H21N3O2S/c1-13-9-10-14(2)18(12-13)25(23,24)22-11-5-8-17(22)19-20-15-6-3-4-7-16(15)21-19/h3-4,6-7,9-10,12,17H,5,8,11H2,1-2H3,(H,20,21)/t17-/m1/s1. The fraction of sp³-hybridized carbons (Fsp3) is 0.316. The van der Waals surface area contributed by atoms with Gasteiger partial charge in [0.2, 0.25) is 10.0 Å². The van der Waals surface area contributed by atoms with Crippen molar-refractivity contribution in [1.82, 2.24) is 14.3 Å². The molecule has 1 fully saturated rings. The normalized spacial score (nSPS) is 18.9. The summed E-state index contributed by atoms with van der Waals surface area (Å²) in [4.78, 5) is 8.33. The number of hydrogen-bond donors (Lipinski definition) is 1. The first-order chi connectivity index (χ1) is 12.0. The van der Waals surface area contributed by atoms with Crippen LogP contribution in [0, 0.1) is 13.8 Å². The zero-order valence-corrected chi connectivity index (χ0v) is 15.2. The Labute approximate surface area is 147 Å². The van der Waals surface area contributed by atoms with Crippen molar-refractivity contribution in [3.63, 3.8) is 0 Å². The molecule has 6 heteroatoms. The van der Waals surface area contributed by atoms with Crippen molar-refractivity contribution >= 4 is 21.1 Å². The summed E-state index contributed by atoms with van der Waals surface area (Å²) < 4.78 is 28.2. The van der Waals surface area contributed by atoms with Crippen LogP contribution in [0.3, 0.4) is 0 Å². The van der Waals surface area contributed by atoms with Gasteiger partial charge in [-0.3, -0.25) is 0 Å². The summed E-state index contributed by atoms with van der Waals surface area (Å²) in [5.74, 6) is 0.729. The predicted octanol–water partition coefficient (Wildman–Crippen LogP) is 3.71. The second-order valence-electron chi connectivity index (χ2n) is 6.68. The maximum absolute atomic E-state index is 13.3. The minimum atomic E-state index is -3.55. The molecular weight excluding hydrogens is 334 g/mol. The van der Waals surface area contributed by atoms with E-state index >= 15 is 0 Å². The molecule has 1 aromatic heterocycles. The average molecular weight is 355 g/mol. The Kier molecular flexibility index (Phi) is 3.89. The molecule has 0 amide bonds. The van der Waals surface area contributed by atoms with Crippen LogP contribution in [0.4, 0.5) is 0 Å². The third-order valence-electron chi connectivity index (χ3n) is 4.86. The van der Waals surface area contributed by atoms with Crippen LogP contribution in [-0.4, -0.2) is 29.2 Å². The fourth-order valence-electron chi connectivity index (χ4n) is 3.54. The van der Waals surface area contributed by atoms with Gasteiger partial charge >= 0.3 is 0 Å². The second-order valence-corrected chi connectivity index (χ2v) is 8.54. The summed E-state index contributed by atoms with van der Waals surface area (Å²) in [6.45, 7) is 4.29. The number of nitrogens with zero attached hydrogens (tertiary/aromatic N) is 2.